The Labute approximate surface area is 79.9 Å². The van der Waals surface area contributed by atoms with Gasteiger partial charge >= 0.3 is 6.16 Å². The molecule has 0 heterocycles. The molecule has 0 amide bonds. The first-order valence-electron chi connectivity index (χ1n) is 3.46. The number of carbonyl (C=O) groups excluding carboxylic acids is 1. The summed E-state index contributed by atoms with van der Waals surface area (Å²) >= 11 is 0. The third kappa shape index (κ3) is 8.03. The van der Waals surface area contributed by atoms with Gasteiger partial charge in [-0.15, -0.1) is 0 Å². The van der Waals surface area contributed by atoms with Crippen molar-refractivity contribution in [3.8, 4) is 0 Å². The van der Waals surface area contributed by atoms with E-state index in [0.717, 1.165) is 11.5 Å². The molecule has 0 unspecified atom stereocenters. The second-order valence-electron chi connectivity index (χ2n) is 1.74. The average molecular weight is 211 g/mol. The van der Waals surface area contributed by atoms with E-state index in [4.69, 9.17) is 5.73 Å². The Morgan fingerprint density at radius 2 is 2.08 bits per heavy atom. The van der Waals surface area contributed by atoms with Gasteiger partial charge in [-0.05, 0) is 0 Å². The van der Waals surface area contributed by atoms with Crippen LogP contribution in [0.2, 0.25) is 0 Å². The third-order valence-corrected chi connectivity index (χ3v) is 3.24. The molecule has 0 aromatic rings. The van der Waals surface area contributed by atoms with E-state index in [0.29, 0.717) is 13.2 Å². The standard InChI is InChI=1S/C6H13NO3S2/c1-9-6(8)10-3-5-12-11-4-2-7/h2-5,7H2,1H3. The first kappa shape index (κ1) is 11.9. The fourth-order valence-electron chi connectivity index (χ4n) is 0.384. The van der Waals surface area contributed by atoms with Gasteiger partial charge in [0.2, 0.25) is 0 Å². The zero-order valence-corrected chi connectivity index (χ0v) is 8.58. The van der Waals surface area contributed by atoms with E-state index in [1.807, 2.05) is 0 Å². The Morgan fingerprint density at radius 3 is 2.67 bits per heavy atom. The SMILES string of the molecule is COC(=O)OCCSSCCN. The molecule has 0 rings (SSSR count). The van der Waals surface area contributed by atoms with Crippen LogP contribution in [0.3, 0.4) is 0 Å². The molecule has 12 heavy (non-hydrogen) atoms. The smallest absolute Gasteiger partial charge is 0.438 e. The highest BCUT2D eigenvalue weighted by Crippen LogP contribution is 2.19. The van der Waals surface area contributed by atoms with Gasteiger partial charge in [0.05, 0.1) is 7.11 Å². The van der Waals surface area contributed by atoms with Crippen LogP contribution in [-0.2, 0) is 9.47 Å². The lowest BCUT2D eigenvalue weighted by atomic mass is 10.8. The highest BCUT2D eigenvalue weighted by molar-refractivity contribution is 8.76. The minimum absolute atomic E-state index is 0.384. The maximum atomic E-state index is 10.4. The topological polar surface area (TPSA) is 61.5 Å². The predicted octanol–water partition coefficient (Wildman–Crippen LogP) is 1.11. The van der Waals surface area contributed by atoms with Crippen molar-refractivity contribution in [2.75, 3.05) is 31.8 Å². The zero-order chi connectivity index (χ0) is 9.23. The minimum atomic E-state index is -0.626. The van der Waals surface area contributed by atoms with Crippen molar-refractivity contribution < 1.29 is 14.3 Å². The van der Waals surface area contributed by atoms with Gasteiger partial charge in [-0.1, -0.05) is 21.6 Å². The van der Waals surface area contributed by atoms with E-state index in [1.54, 1.807) is 21.6 Å². The summed E-state index contributed by atoms with van der Waals surface area (Å²) in [5, 5.41) is 0. The quantitative estimate of drug-likeness (QED) is 0.403. The molecule has 6 heteroatoms. The lowest BCUT2D eigenvalue weighted by Gasteiger charge is -2.01. The molecule has 4 nitrogen and oxygen atoms in total. The molecular formula is C6H13NO3S2. The maximum Gasteiger partial charge on any atom is 0.508 e. The van der Waals surface area contributed by atoms with Gasteiger partial charge < -0.3 is 15.2 Å². The van der Waals surface area contributed by atoms with Gasteiger partial charge in [-0.2, -0.15) is 0 Å². The Balaban J connectivity index is 2.95. The second kappa shape index (κ2) is 9.02. The number of carbonyl (C=O) groups is 1. The summed E-state index contributed by atoms with van der Waals surface area (Å²) in [4.78, 5) is 10.4. The van der Waals surface area contributed by atoms with Gasteiger partial charge in [0, 0.05) is 18.1 Å². The van der Waals surface area contributed by atoms with Gasteiger partial charge in [0.15, 0.2) is 0 Å². The zero-order valence-electron chi connectivity index (χ0n) is 6.95. The molecule has 0 bridgehead atoms. The van der Waals surface area contributed by atoms with Crippen LogP contribution in [0.25, 0.3) is 0 Å². The molecule has 0 aliphatic rings. The Bertz CT molecular complexity index is 123. The van der Waals surface area contributed by atoms with E-state index in [2.05, 4.69) is 9.47 Å². The largest absolute Gasteiger partial charge is 0.508 e. The number of hydrogen-bond acceptors (Lipinski definition) is 6. The van der Waals surface area contributed by atoms with Crippen molar-refractivity contribution in [1.82, 2.24) is 0 Å². The molecule has 2 N–H and O–H groups in total. The summed E-state index contributed by atoms with van der Waals surface area (Å²) < 4.78 is 8.93. The van der Waals surface area contributed by atoms with Gasteiger partial charge in [0.1, 0.15) is 6.61 Å². The molecular weight excluding hydrogens is 198 g/mol. The van der Waals surface area contributed by atoms with Gasteiger partial charge in [-0.3, -0.25) is 0 Å². The van der Waals surface area contributed by atoms with Crippen LogP contribution >= 0.6 is 21.6 Å². The number of rotatable bonds is 6. The van der Waals surface area contributed by atoms with Crippen molar-refractivity contribution in [3.63, 3.8) is 0 Å². The summed E-state index contributed by atoms with van der Waals surface area (Å²) in [6.45, 7) is 1.06. The molecule has 0 fully saturated rings. The molecule has 0 atom stereocenters. The van der Waals surface area contributed by atoms with E-state index >= 15 is 0 Å². The summed E-state index contributed by atoms with van der Waals surface area (Å²) in [7, 11) is 4.60. The van der Waals surface area contributed by atoms with Crippen LogP contribution in [0.5, 0.6) is 0 Å². The van der Waals surface area contributed by atoms with Crippen molar-refractivity contribution in [2.45, 2.75) is 0 Å². The fourth-order valence-corrected chi connectivity index (χ4v) is 2.07. The number of ether oxygens (including phenoxy) is 2. The molecule has 0 aromatic carbocycles. The van der Waals surface area contributed by atoms with E-state index in [-0.39, 0.29) is 0 Å². The second-order valence-corrected chi connectivity index (χ2v) is 4.44. The van der Waals surface area contributed by atoms with Crippen molar-refractivity contribution in [3.05, 3.63) is 0 Å². The lowest BCUT2D eigenvalue weighted by molar-refractivity contribution is 0.0779. The Hall–Kier alpha value is -0.0700. The molecule has 0 radical (unpaired) electrons. The van der Waals surface area contributed by atoms with Crippen molar-refractivity contribution in [1.29, 1.82) is 0 Å². The monoisotopic (exact) mass is 211 g/mol. The summed E-state index contributed by atoms with van der Waals surface area (Å²) in [5.74, 6) is 1.68. The van der Waals surface area contributed by atoms with Crippen molar-refractivity contribution in [2.24, 2.45) is 5.73 Å². The molecule has 0 aromatic heterocycles. The molecule has 72 valence electrons. The minimum Gasteiger partial charge on any atom is -0.438 e. The number of methoxy groups -OCH3 is 1. The van der Waals surface area contributed by atoms with E-state index in [1.165, 1.54) is 7.11 Å². The Kier molecular flexibility index (Phi) is 8.97. The highest BCUT2D eigenvalue weighted by atomic mass is 33.1. The van der Waals surface area contributed by atoms with Crippen LogP contribution in [-0.4, -0.2) is 37.9 Å². The van der Waals surface area contributed by atoms with Crippen LogP contribution in [0.1, 0.15) is 0 Å². The van der Waals surface area contributed by atoms with E-state index < -0.39 is 6.16 Å². The van der Waals surface area contributed by atoms with Crippen molar-refractivity contribution >= 4 is 27.7 Å². The molecule has 0 spiro atoms. The fraction of sp³-hybridized carbons (Fsp3) is 0.833. The number of hydrogen-bond donors (Lipinski definition) is 1. The average Bonchev–Trinajstić information content (AvgIpc) is 2.10. The highest BCUT2D eigenvalue weighted by Gasteiger charge is 1.98. The van der Waals surface area contributed by atoms with Crippen LogP contribution in [0, 0.1) is 0 Å². The first-order valence-corrected chi connectivity index (χ1v) is 5.95. The predicted molar refractivity (Wildman–Crippen MR) is 52.3 cm³/mol. The maximum absolute atomic E-state index is 10.4. The van der Waals surface area contributed by atoms with Gasteiger partial charge in [0.25, 0.3) is 0 Å². The van der Waals surface area contributed by atoms with E-state index in [9.17, 15) is 4.79 Å². The van der Waals surface area contributed by atoms with Crippen LogP contribution in [0.4, 0.5) is 4.79 Å². The summed E-state index contributed by atoms with van der Waals surface area (Å²) in [6.07, 6.45) is -0.626. The summed E-state index contributed by atoms with van der Waals surface area (Å²) in [5.41, 5.74) is 5.27. The molecule has 0 saturated heterocycles. The van der Waals surface area contributed by atoms with Crippen LogP contribution in [0.15, 0.2) is 0 Å². The first-order chi connectivity index (χ1) is 5.81. The van der Waals surface area contributed by atoms with Gasteiger partial charge in [-0.25, -0.2) is 4.79 Å². The number of nitrogens with two attached hydrogens (primary N) is 1. The molecule has 0 aliphatic carbocycles. The normalized spacial score (nSPS) is 9.50. The van der Waals surface area contributed by atoms with Crippen LogP contribution < -0.4 is 5.73 Å². The Morgan fingerprint density at radius 1 is 1.42 bits per heavy atom. The molecule has 0 aliphatic heterocycles. The summed E-state index contributed by atoms with van der Waals surface area (Å²) in [6, 6.07) is 0. The lowest BCUT2D eigenvalue weighted by Crippen LogP contribution is -2.06. The molecule has 0 saturated carbocycles. The third-order valence-electron chi connectivity index (χ3n) is 0.838.